The van der Waals surface area contributed by atoms with Crippen molar-refractivity contribution in [1.82, 2.24) is 10.1 Å². The number of hydrogen-bond donors (Lipinski definition) is 1. The van der Waals surface area contributed by atoms with Crippen molar-refractivity contribution in [1.29, 1.82) is 0 Å². The summed E-state index contributed by atoms with van der Waals surface area (Å²) < 4.78 is 11.4. The van der Waals surface area contributed by atoms with E-state index < -0.39 is 6.10 Å². The van der Waals surface area contributed by atoms with Gasteiger partial charge in [0, 0.05) is 44.9 Å². The molecule has 0 bridgehead atoms. The van der Waals surface area contributed by atoms with Crippen LogP contribution in [0.5, 0.6) is 0 Å². The van der Waals surface area contributed by atoms with Gasteiger partial charge in [0.05, 0.1) is 18.3 Å². The molecule has 2 aliphatic rings. The van der Waals surface area contributed by atoms with Crippen LogP contribution in [0, 0.1) is 11.8 Å². The third-order valence-corrected chi connectivity index (χ3v) is 6.46. The topological polar surface area (TPSA) is 62.0 Å². The van der Waals surface area contributed by atoms with Crippen molar-refractivity contribution >= 4 is 5.88 Å². The van der Waals surface area contributed by atoms with Crippen LogP contribution in [-0.4, -0.2) is 60.7 Å². The Hall–Kier alpha value is -1.89. The van der Waals surface area contributed by atoms with Crippen LogP contribution in [0.25, 0.3) is 11.3 Å². The number of aliphatic hydroxyl groups is 1. The highest BCUT2D eigenvalue weighted by Crippen LogP contribution is 2.36. The standard InChI is InChI=1S/C25H37N3O3/c1-3-30-18-22(29)16-27(15-20-9-10-20)17-23-24(21-7-5-4-6-8-21)26-31-25(23)28-13-11-19(2)12-14-28/h4-8,19-20,22,29H,3,9-18H2,1-2H3/t22-/m1/s1. The largest absolute Gasteiger partial charge is 0.389 e. The fourth-order valence-corrected chi connectivity index (χ4v) is 4.42. The number of nitrogens with zero attached hydrogens (tertiary/aromatic N) is 3. The van der Waals surface area contributed by atoms with Gasteiger partial charge >= 0.3 is 0 Å². The maximum atomic E-state index is 10.5. The molecule has 31 heavy (non-hydrogen) atoms. The Morgan fingerprint density at radius 2 is 1.94 bits per heavy atom. The normalized spacial score (nSPS) is 18.6. The second-order valence-corrected chi connectivity index (χ2v) is 9.30. The smallest absolute Gasteiger partial charge is 0.232 e. The zero-order chi connectivity index (χ0) is 21.6. The second-order valence-electron chi connectivity index (χ2n) is 9.30. The van der Waals surface area contributed by atoms with Crippen LogP contribution in [0.2, 0.25) is 0 Å². The lowest BCUT2D eigenvalue weighted by atomic mass is 9.98. The third kappa shape index (κ3) is 6.09. The van der Waals surface area contributed by atoms with Gasteiger partial charge in [-0.2, -0.15) is 0 Å². The molecule has 2 heterocycles. The fourth-order valence-electron chi connectivity index (χ4n) is 4.42. The number of piperidine rings is 1. The molecule has 1 aromatic carbocycles. The minimum atomic E-state index is -0.488. The van der Waals surface area contributed by atoms with Crippen molar-refractivity contribution in [3.8, 4) is 11.3 Å². The van der Waals surface area contributed by atoms with Crippen molar-refractivity contribution in [2.45, 2.75) is 52.2 Å². The third-order valence-electron chi connectivity index (χ3n) is 6.46. The molecule has 170 valence electrons. The lowest BCUT2D eigenvalue weighted by Gasteiger charge is -2.31. The summed E-state index contributed by atoms with van der Waals surface area (Å²) in [6.07, 6.45) is 4.44. The SMILES string of the molecule is CCOC[C@H](O)CN(Cc1c(-c2ccccc2)noc1N1CCC(C)CC1)CC1CC1. The van der Waals surface area contributed by atoms with E-state index >= 15 is 0 Å². The minimum Gasteiger partial charge on any atom is -0.389 e. The number of rotatable bonds is 11. The van der Waals surface area contributed by atoms with Crippen LogP contribution < -0.4 is 4.90 Å². The molecule has 0 unspecified atom stereocenters. The highest BCUT2D eigenvalue weighted by molar-refractivity contribution is 5.68. The van der Waals surface area contributed by atoms with Crippen molar-refractivity contribution in [3.05, 3.63) is 35.9 Å². The summed E-state index contributed by atoms with van der Waals surface area (Å²) in [5.41, 5.74) is 3.15. The molecule has 1 saturated heterocycles. The number of benzene rings is 1. The van der Waals surface area contributed by atoms with Crippen molar-refractivity contribution < 1.29 is 14.4 Å². The van der Waals surface area contributed by atoms with Gasteiger partial charge in [-0.25, -0.2) is 0 Å². The van der Waals surface area contributed by atoms with E-state index in [2.05, 4.69) is 34.0 Å². The predicted octanol–water partition coefficient (Wildman–Crippen LogP) is 4.19. The molecule has 1 N–H and O–H groups in total. The molecule has 1 aromatic heterocycles. The number of ether oxygens (including phenoxy) is 1. The summed E-state index contributed by atoms with van der Waals surface area (Å²) in [6, 6.07) is 10.3. The van der Waals surface area contributed by atoms with Crippen LogP contribution in [0.1, 0.15) is 45.1 Å². The zero-order valence-electron chi connectivity index (χ0n) is 19.0. The summed E-state index contributed by atoms with van der Waals surface area (Å²) >= 11 is 0. The number of hydrogen-bond acceptors (Lipinski definition) is 6. The number of aromatic nitrogens is 1. The Bertz CT molecular complexity index is 798. The summed E-state index contributed by atoms with van der Waals surface area (Å²) in [5, 5.41) is 15.1. The Morgan fingerprint density at radius 1 is 1.19 bits per heavy atom. The van der Waals surface area contributed by atoms with Gasteiger partial charge in [-0.05, 0) is 44.4 Å². The quantitative estimate of drug-likeness (QED) is 0.580. The summed E-state index contributed by atoms with van der Waals surface area (Å²) in [5.74, 6) is 2.40. The Kier molecular flexibility index (Phi) is 7.64. The zero-order valence-corrected chi connectivity index (χ0v) is 19.0. The first-order valence-corrected chi connectivity index (χ1v) is 11.9. The highest BCUT2D eigenvalue weighted by atomic mass is 16.5. The minimum absolute atomic E-state index is 0.379. The van der Waals surface area contributed by atoms with Crippen molar-refractivity contribution in [2.24, 2.45) is 11.8 Å². The van der Waals surface area contributed by atoms with Gasteiger partial charge in [-0.15, -0.1) is 0 Å². The Balaban J connectivity index is 1.59. The molecular weight excluding hydrogens is 390 g/mol. The lowest BCUT2D eigenvalue weighted by molar-refractivity contribution is 0.0187. The molecular formula is C25H37N3O3. The molecule has 0 spiro atoms. The van der Waals surface area contributed by atoms with E-state index in [1.54, 1.807) is 0 Å². The molecule has 0 radical (unpaired) electrons. The number of anilines is 1. The number of aliphatic hydroxyl groups excluding tert-OH is 1. The average molecular weight is 428 g/mol. The predicted molar refractivity (Wildman–Crippen MR) is 123 cm³/mol. The van der Waals surface area contributed by atoms with Crippen molar-refractivity contribution in [3.63, 3.8) is 0 Å². The Morgan fingerprint density at radius 3 is 2.61 bits per heavy atom. The Labute approximate surface area is 186 Å². The summed E-state index contributed by atoms with van der Waals surface area (Å²) in [6.45, 7) is 9.64. The average Bonchev–Trinajstić information content (AvgIpc) is 3.50. The molecule has 6 nitrogen and oxygen atoms in total. The van der Waals surface area contributed by atoms with Gasteiger partial charge in [0.25, 0.3) is 0 Å². The molecule has 1 atom stereocenters. The van der Waals surface area contributed by atoms with E-state index in [0.29, 0.717) is 19.8 Å². The van der Waals surface area contributed by atoms with E-state index in [1.165, 1.54) is 25.7 Å². The van der Waals surface area contributed by atoms with Crippen LogP contribution >= 0.6 is 0 Å². The molecule has 4 rings (SSSR count). The van der Waals surface area contributed by atoms with Gasteiger partial charge in [0.15, 0.2) is 0 Å². The van der Waals surface area contributed by atoms with Crippen LogP contribution in [-0.2, 0) is 11.3 Å². The summed E-state index contributed by atoms with van der Waals surface area (Å²) in [7, 11) is 0. The maximum Gasteiger partial charge on any atom is 0.232 e. The highest BCUT2D eigenvalue weighted by Gasteiger charge is 2.30. The van der Waals surface area contributed by atoms with E-state index in [-0.39, 0.29) is 0 Å². The van der Waals surface area contributed by atoms with Crippen LogP contribution in [0.3, 0.4) is 0 Å². The van der Waals surface area contributed by atoms with Gasteiger partial charge in [0.1, 0.15) is 5.69 Å². The molecule has 2 aromatic rings. The molecule has 2 fully saturated rings. The first kappa shape index (κ1) is 22.3. The molecule has 1 aliphatic carbocycles. The summed E-state index contributed by atoms with van der Waals surface area (Å²) in [4.78, 5) is 4.73. The first-order chi connectivity index (χ1) is 15.1. The molecule has 0 amide bonds. The molecule has 1 aliphatic heterocycles. The van der Waals surface area contributed by atoms with E-state index in [1.807, 2.05) is 25.1 Å². The van der Waals surface area contributed by atoms with Gasteiger partial charge in [-0.3, -0.25) is 4.90 Å². The molecule has 1 saturated carbocycles. The van der Waals surface area contributed by atoms with Gasteiger partial charge < -0.3 is 19.3 Å². The maximum absolute atomic E-state index is 10.5. The van der Waals surface area contributed by atoms with Crippen LogP contribution in [0.4, 0.5) is 5.88 Å². The first-order valence-electron chi connectivity index (χ1n) is 11.9. The van der Waals surface area contributed by atoms with E-state index in [9.17, 15) is 5.11 Å². The fraction of sp³-hybridized carbons (Fsp3) is 0.640. The molecule has 6 heteroatoms. The van der Waals surface area contributed by atoms with Crippen molar-refractivity contribution in [2.75, 3.05) is 44.3 Å². The monoisotopic (exact) mass is 427 g/mol. The lowest BCUT2D eigenvalue weighted by Crippen LogP contribution is -2.37. The van der Waals surface area contributed by atoms with E-state index in [0.717, 1.165) is 60.7 Å². The van der Waals surface area contributed by atoms with Gasteiger partial charge in [-0.1, -0.05) is 42.4 Å². The van der Waals surface area contributed by atoms with E-state index in [4.69, 9.17) is 9.26 Å². The van der Waals surface area contributed by atoms with Gasteiger partial charge in [0.2, 0.25) is 5.88 Å². The second kappa shape index (κ2) is 10.6. The van der Waals surface area contributed by atoms with Crippen LogP contribution in [0.15, 0.2) is 34.9 Å².